The van der Waals surface area contributed by atoms with Crippen molar-refractivity contribution in [3.63, 3.8) is 0 Å². The Labute approximate surface area is 166 Å². The first-order chi connectivity index (χ1) is 13.3. The van der Waals surface area contributed by atoms with Crippen LogP contribution in [-0.4, -0.2) is 9.36 Å². The van der Waals surface area contributed by atoms with Crippen LogP contribution in [-0.2, 0) is 12.5 Å². The van der Waals surface area contributed by atoms with Crippen molar-refractivity contribution < 1.29 is 0 Å². The van der Waals surface area contributed by atoms with Crippen LogP contribution in [0.2, 0.25) is 0 Å². The van der Waals surface area contributed by atoms with Crippen LogP contribution in [0, 0.1) is 12.3 Å². The first-order valence-corrected chi connectivity index (χ1v) is 10.3. The molecule has 1 fully saturated rings. The molecule has 0 N–H and O–H groups in total. The van der Waals surface area contributed by atoms with Gasteiger partial charge in [-0.25, -0.2) is 4.68 Å². The molecule has 0 radical (unpaired) electrons. The van der Waals surface area contributed by atoms with Gasteiger partial charge in [0.05, 0.1) is 11.4 Å². The molecule has 2 atom stereocenters. The maximum Gasteiger partial charge on any atom is 0.275 e. The molecule has 0 aliphatic heterocycles. The van der Waals surface area contributed by atoms with Gasteiger partial charge in [-0.1, -0.05) is 57.2 Å². The second kappa shape index (κ2) is 5.50. The van der Waals surface area contributed by atoms with Gasteiger partial charge >= 0.3 is 0 Å². The minimum Gasteiger partial charge on any atom is -0.284 e. The van der Waals surface area contributed by atoms with E-state index in [9.17, 15) is 4.79 Å². The predicted molar refractivity (Wildman–Crippen MR) is 114 cm³/mol. The summed E-state index contributed by atoms with van der Waals surface area (Å²) >= 11 is 0. The quantitative estimate of drug-likeness (QED) is 0.597. The van der Waals surface area contributed by atoms with Crippen molar-refractivity contribution in [2.24, 2.45) is 12.5 Å². The van der Waals surface area contributed by atoms with E-state index in [1.807, 2.05) is 10.7 Å². The fourth-order valence-electron chi connectivity index (χ4n) is 6.02. The van der Waals surface area contributed by atoms with E-state index in [0.717, 1.165) is 29.7 Å². The molecule has 1 saturated carbocycles. The third-order valence-electron chi connectivity index (χ3n) is 7.95. The monoisotopic (exact) mass is 372 g/mol. The molecule has 1 heterocycles. The Balaban J connectivity index is 1.71. The number of aromatic nitrogens is 2. The Morgan fingerprint density at radius 1 is 1.04 bits per heavy atom. The molecule has 0 saturated heterocycles. The highest BCUT2D eigenvalue weighted by molar-refractivity contribution is 5.69. The molecule has 0 unspecified atom stereocenters. The van der Waals surface area contributed by atoms with Crippen molar-refractivity contribution >= 4 is 0 Å². The van der Waals surface area contributed by atoms with Crippen LogP contribution in [0.25, 0.3) is 16.8 Å². The van der Waals surface area contributed by atoms with E-state index >= 15 is 0 Å². The van der Waals surface area contributed by atoms with Gasteiger partial charge in [0.1, 0.15) is 0 Å². The second-order valence-corrected chi connectivity index (χ2v) is 9.41. The molecule has 3 aromatic rings. The van der Waals surface area contributed by atoms with Gasteiger partial charge in [-0.3, -0.25) is 9.48 Å². The van der Waals surface area contributed by atoms with Crippen LogP contribution in [0.4, 0.5) is 0 Å². The van der Waals surface area contributed by atoms with E-state index in [2.05, 4.69) is 81.9 Å². The highest BCUT2D eigenvalue weighted by Crippen LogP contribution is 2.66. The molecule has 2 aliphatic rings. The van der Waals surface area contributed by atoms with Crippen molar-refractivity contribution in [2.45, 2.75) is 51.9 Å². The molecule has 28 heavy (non-hydrogen) atoms. The normalized spacial score (nSPS) is 24.5. The molecular formula is C25H28N2O. The van der Waals surface area contributed by atoms with Gasteiger partial charge in [0.25, 0.3) is 5.56 Å². The lowest BCUT2D eigenvalue weighted by Crippen LogP contribution is -2.35. The lowest BCUT2D eigenvalue weighted by molar-refractivity contribution is 0.218. The van der Waals surface area contributed by atoms with Crippen LogP contribution < -0.4 is 5.56 Å². The maximum absolute atomic E-state index is 13.6. The van der Waals surface area contributed by atoms with Crippen molar-refractivity contribution in [1.82, 2.24) is 9.36 Å². The zero-order chi connectivity index (χ0) is 19.8. The van der Waals surface area contributed by atoms with Crippen LogP contribution >= 0.6 is 0 Å². The summed E-state index contributed by atoms with van der Waals surface area (Å²) in [6, 6.07) is 16.8. The van der Waals surface area contributed by atoms with Crippen molar-refractivity contribution in [3.05, 3.63) is 75.7 Å². The van der Waals surface area contributed by atoms with Gasteiger partial charge < -0.3 is 0 Å². The lowest BCUT2D eigenvalue weighted by atomic mass is 9.70. The number of rotatable bonds is 2. The van der Waals surface area contributed by atoms with Gasteiger partial charge in [0.2, 0.25) is 0 Å². The second-order valence-electron chi connectivity index (χ2n) is 9.41. The molecule has 144 valence electrons. The number of benzene rings is 2. The largest absolute Gasteiger partial charge is 0.284 e. The summed E-state index contributed by atoms with van der Waals surface area (Å²) in [6.45, 7) is 9.17. The Kier molecular flexibility index (Phi) is 3.44. The van der Waals surface area contributed by atoms with E-state index in [4.69, 9.17) is 0 Å². The molecule has 2 aliphatic carbocycles. The van der Waals surface area contributed by atoms with E-state index in [0.29, 0.717) is 5.92 Å². The van der Waals surface area contributed by atoms with Crippen LogP contribution in [0.15, 0.2) is 53.3 Å². The van der Waals surface area contributed by atoms with E-state index in [-0.39, 0.29) is 16.4 Å². The Hall–Kier alpha value is -2.55. The van der Waals surface area contributed by atoms with E-state index in [1.54, 1.807) is 0 Å². The standard InChI is InChI=1S/C25H28N2O/c1-16-9-6-7-12-19(16)17-10-8-11-18(15-17)27-23(28)21-20-13-14-25(4,24(20,2)3)22(21)26(27)5/h6-12,15,20H,13-14H2,1-5H3/t20-,25+/m1/s1. The molecule has 0 spiro atoms. The highest BCUT2D eigenvalue weighted by atomic mass is 16.1. The van der Waals surface area contributed by atoms with Crippen LogP contribution in [0.1, 0.15) is 56.4 Å². The van der Waals surface area contributed by atoms with Gasteiger partial charge in [-0.05, 0) is 59.9 Å². The minimum atomic E-state index is 0.0692. The molecule has 2 aromatic carbocycles. The topological polar surface area (TPSA) is 26.9 Å². The average Bonchev–Trinajstić information content (AvgIpc) is 3.13. The smallest absolute Gasteiger partial charge is 0.275 e. The average molecular weight is 373 g/mol. The van der Waals surface area contributed by atoms with Crippen molar-refractivity contribution in [3.8, 4) is 16.8 Å². The third kappa shape index (κ3) is 1.97. The van der Waals surface area contributed by atoms with E-state index < -0.39 is 0 Å². The van der Waals surface area contributed by atoms with E-state index in [1.165, 1.54) is 16.8 Å². The Morgan fingerprint density at radius 3 is 2.50 bits per heavy atom. The van der Waals surface area contributed by atoms with Crippen molar-refractivity contribution in [2.75, 3.05) is 0 Å². The molecule has 1 aromatic heterocycles. The fourth-order valence-corrected chi connectivity index (χ4v) is 6.02. The van der Waals surface area contributed by atoms with Crippen LogP contribution in [0.3, 0.4) is 0 Å². The lowest BCUT2D eigenvalue weighted by Gasteiger charge is -2.36. The van der Waals surface area contributed by atoms with Gasteiger partial charge in [-0.2, -0.15) is 0 Å². The summed E-state index contributed by atoms with van der Waals surface area (Å²) < 4.78 is 4.02. The summed E-state index contributed by atoms with van der Waals surface area (Å²) in [6.07, 6.45) is 2.29. The Bertz CT molecular complexity index is 1160. The summed E-state index contributed by atoms with van der Waals surface area (Å²) in [5.74, 6) is 0.368. The summed E-state index contributed by atoms with van der Waals surface area (Å²) in [5.41, 5.74) is 7.25. The van der Waals surface area contributed by atoms with Gasteiger partial charge in [-0.15, -0.1) is 0 Å². The minimum absolute atomic E-state index is 0.0692. The number of hydrogen-bond donors (Lipinski definition) is 0. The molecule has 5 rings (SSSR count). The zero-order valence-electron chi connectivity index (χ0n) is 17.4. The molecule has 3 heteroatoms. The molecule has 2 bridgehead atoms. The molecule has 0 amide bonds. The first-order valence-electron chi connectivity index (χ1n) is 10.3. The van der Waals surface area contributed by atoms with Crippen molar-refractivity contribution in [1.29, 1.82) is 0 Å². The number of hydrogen-bond acceptors (Lipinski definition) is 1. The summed E-state index contributed by atoms with van der Waals surface area (Å²) in [7, 11) is 2.06. The maximum atomic E-state index is 13.6. The number of nitrogens with zero attached hydrogens (tertiary/aromatic N) is 2. The molecule has 3 nitrogen and oxygen atoms in total. The Morgan fingerprint density at radius 2 is 1.79 bits per heavy atom. The SMILES string of the molecule is Cc1ccccc1-c1cccc(-n2c(=O)c3c(n2C)[C@]2(C)CC[C@H]3C2(C)C)c1. The fraction of sp³-hybridized carbons (Fsp3) is 0.400. The summed E-state index contributed by atoms with van der Waals surface area (Å²) in [4.78, 5) is 13.6. The van der Waals surface area contributed by atoms with Crippen LogP contribution in [0.5, 0.6) is 0 Å². The summed E-state index contributed by atoms with van der Waals surface area (Å²) in [5, 5.41) is 0. The molecular weight excluding hydrogens is 344 g/mol. The predicted octanol–water partition coefficient (Wildman–Crippen LogP) is 5.33. The number of fused-ring (bicyclic) bond motifs is 5. The van der Waals surface area contributed by atoms with Gasteiger partial charge in [0, 0.05) is 18.0 Å². The number of aryl methyl sites for hydroxylation is 1. The van der Waals surface area contributed by atoms with Gasteiger partial charge in [0.15, 0.2) is 0 Å². The third-order valence-corrected chi connectivity index (χ3v) is 7.95. The first kappa shape index (κ1) is 17.5. The zero-order valence-corrected chi connectivity index (χ0v) is 17.4. The highest BCUT2D eigenvalue weighted by Gasteiger charge is 2.62.